The molecule has 1 aromatic carbocycles. The number of para-hydroxylation sites is 2. The standard InChI is InChI=1S/C17H19F3N4O3/c18-17(19,20)10-22-15(26)14(25)21-9-11-5-7-24(8-6-11)16-23-12-3-1-2-4-13(12)27-16/h1-4,11H,5-10H2,(H,21,25)(H,22,26). The SMILES string of the molecule is O=C(NCC1CCN(c2nc3ccccc3o2)CC1)C(=O)NCC(F)(F)F. The number of halogens is 3. The van der Waals surface area contributed by atoms with Gasteiger partial charge in [-0.2, -0.15) is 18.2 Å². The van der Waals surface area contributed by atoms with Crippen LogP contribution >= 0.6 is 0 Å². The molecule has 27 heavy (non-hydrogen) atoms. The van der Waals surface area contributed by atoms with E-state index >= 15 is 0 Å². The van der Waals surface area contributed by atoms with Crippen LogP contribution in [0, 0.1) is 5.92 Å². The van der Waals surface area contributed by atoms with Crippen molar-refractivity contribution in [3.05, 3.63) is 24.3 Å². The van der Waals surface area contributed by atoms with E-state index in [1.807, 2.05) is 29.2 Å². The summed E-state index contributed by atoms with van der Waals surface area (Å²) in [5.74, 6) is -2.21. The predicted molar refractivity (Wildman–Crippen MR) is 91.0 cm³/mol. The molecule has 146 valence electrons. The number of carbonyl (C=O) groups excluding carboxylic acids is 2. The fourth-order valence-electron chi connectivity index (χ4n) is 2.90. The van der Waals surface area contributed by atoms with Crippen LogP contribution in [-0.2, 0) is 9.59 Å². The first-order valence-corrected chi connectivity index (χ1v) is 8.55. The topological polar surface area (TPSA) is 87.5 Å². The molecule has 1 aromatic heterocycles. The zero-order valence-electron chi connectivity index (χ0n) is 14.4. The van der Waals surface area contributed by atoms with Crippen LogP contribution in [0.3, 0.4) is 0 Å². The largest absolute Gasteiger partial charge is 0.423 e. The molecule has 3 rings (SSSR count). The van der Waals surface area contributed by atoms with Gasteiger partial charge in [-0.25, -0.2) is 0 Å². The van der Waals surface area contributed by atoms with Crippen LogP contribution in [-0.4, -0.2) is 49.2 Å². The minimum absolute atomic E-state index is 0.130. The molecule has 2 amide bonds. The third-order valence-electron chi connectivity index (χ3n) is 4.37. The molecule has 1 aliphatic heterocycles. The van der Waals surface area contributed by atoms with E-state index in [-0.39, 0.29) is 12.5 Å². The van der Waals surface area contributed by atoms with Gasteiger partial charge in [-0.3, -0.25) is 9.59 Å². The Balaban J connectivity index is 1.43. The summed E-state index contributed by atoms with van der Waals surface area (Å²) in [6.07, 6.45) is -3.07. The lowest BCUT2D eigenvalue weighted by atomic mass is 9.97. The van der Waals surface area contributed by atoms with Crippen LogP contribution in [0.2, 0.25) is 0 Å². The maximum absolute atomic E-state index is 12.0. The summed E-state index contributed by atoms with van der Waals surface area (Å²) in [6, 6.07) is 8.02. The molecule has 0 radical (unpaired) electrons. The molecule has 0 saturated carbocycles. The molecule has 1 saturated heterocycles. The summed E-state index contributed by atoms with van der Waals surface area (Å²) >= 11 is 0. The van der Waals surface area contributed by atoms with E-state index in [2.05, 4.69) is 10.3 Å². The Bertz CT molecular complexity index is 780. The number of alkyl halides is 3. The molecule has 0 bridgehead atoms. The number of anilines is 1. The van der Waals surface area contributed by atoms with Crippen molar-refractivity contribution in [3.63, 3.8) is 0 Å². The molecule has 2 heterocycles. The second-order valence-electron chi connectivity index (χ2n) is 6.40. The minimum Gasteiger partial charge on any atom is -0.423 e. The average Bonchev–Trinajstić information content (AvgIpc) is 3.08. The summed E-state index contributed by atoms with van der Waals surface area (Å²) in [5.41, 5.74) is 1.50. The molecule has 1 fully saturated rings. The molecular weight excluding hydrogens is 365 g/mol. The second-order valence-corrected chi connectivity index (χ2v) is 6.40. The highest BCUT2D eigenvalue weighted by atomic mass is 19.4. The fourth-order valence-corrected chi connectivity index (χ4v) is 2.90. The Hall–Kier alpha value is -2.78. The van der Waals surface area contributed by atoms with Crippen LogP contribution in [0.5, 0.6) is 0 Å². The molecule has 0 aliphatic carbocycles. The summed E-state index contributed by atoms with van der Waals surface area (Å²) in [7, 11) is 0. The molecule has 2 aromatic rings. The van der Waals surface area contributed by atoms with Gasteiger partial charge in [0.1, 0.15) is 12.1 Å². The van der Waals surface area contributed by atoms with Crippen molar-refractivity contribution >= 4 is 28.9 Å². The van der Waals surface area contributed by atoms with Crippen molar-refractivity contribution in [1.29, 1.82) is 0 Å². The maximum Gasteiger partial charge on any atom is 0.405 e. The smallest absolute Gasteiger partial charge is 0.405 e. The number of nitrogens with one attached hydrogen (secondary N) is 2. The first-order valence-electron chi connectivity index (χ1n) is 8.55. The van der Waals surface area contributed by atoms with Crippen LogP contribution in [0.25, 0.3) is 11.1 Å². The number of piperidine rings is 1. The first kappa shape index (κ1) is 19.0. The van der Waals surface area contributed by atoms with Crippen molar-refractivity contribution in [3.8, 4) is 0 Å². The molecule has 1 aliphatic rings. The third-order valence-corrected chi connectivity index (χ3v) is 4.37. The highest BCUT2D eigenvalue weighted by molar-refractivity contribution is 6.35. The number of amides is 2. The summed E-state index contributed by atoms with van der Waals surface area (Å²) in [6.45, 7) is 0.0586. The highest BCUT2D eigenvalue weighted by Crippen LogP contribution is 2.26. The van der Waals surface area contributed by atoms with Crippen LogP contribution in [0.1, 0.15) is 12.8 Å². The molecular formula is C17H19F3N4O3. The fraction of sp³-hybridized carbons (Fsp3) is 0.471. The molecule has 2 N–H and O–H groups in total. The Morgan fingerprint density at radius 3 is 2.48 bits per heavy atom. The molecule has 0 spiro atoms. The average molecular weight is 384 g/mol. The molecule has 10 heteroatoms. The van der Waals surface area contributed by atoms with Crippen molar-refractivity contribution in [2.45, 2.75) is 19.0 Å². The predicted octanol–water partition coefficient (Wildman–Crippen LogP) is 1.84. The second kappa shape index (κ2) is 7.85. The van der Waals surface area contributed by atoms with Crippen molar-refractivity contribution in [2.24, 2.45) is 5.92 Å². The third kappa shape index (κ3) is 5.11. The quantitative estimate of drug-likeness (QED) is 0.786. The Morgan fingerprint density at radius 1 is 1.15 bits per heavy atom. The van der Waals surface area contributed by atoms with Crippen LogP contribution in [0.15, 0.2) is 28.7 Å². The van der Waals surface area contributed by atoms with Crippen molar-refractivity contribution in [2.75, 3.05) is 31.1 Å². The Labute approximate surface area is 152 Å². The van der Waals surface area contributed by atoms with Crippen molar-refractivity contribution in [1.82, 2.24) is 15.6 Å². The lowest BCUT2D eigenvalue weighted by Crippen LogP contribution is -2.45. The highest BCUT2D eigenvalue weighted by Gasteiger charge is 2.29. The zero-order valence-corrected chi connectivity index (χ0v) is 14.4. The van der Waals surface area contributed by atoms with Gasteiger partial charge < -0.3 is 20.0 Å². The van der Waals surface area contributed by atoms with Gasteiger partial charge in [0.05, 0.1) is 0 Å². The van der Waals surface area contributed by atoms with Gasteiger partial charge in [0.25, 0.3) is 6.01 Å². The molecule has 0 atom stereocenters. The number of nitrogens with zero attached hydrogens (tertiary/aromatic N) is 2. The number of oxazole rings is 1. The van der Waals surface area contributed by atoms with Gasteiger partial charge in [0, 0.05) is 19.6 Å². The lowest BCUT2D eigenvalue weighted by Gasteiger charge is -2.30. The maximum atomic E-state index is 12.0. The van der Waals surface area contributed by atoms with Gasteiger partial charge in [0.15, 0.2) is 5.58 Å². The number of hydrogen-bond donors (Lipinski definition) is 2. The van der Waals surface area contributed by atoms with Crippen molar-refractivity contribution < 1.29 is 27.2 Å². The summed E-state index contributed by atoms with van der Waals surface area (Å²) < 4.78 is 41.8. The zero-order chi connectivity index (χ0) is 19.4. The van der Waals surface area contributed by atoms with Gasteiger partial charge in [-0.05, 0) is 30.9 Å². The number of hydrogen-bond acceptors (Lipinski definition) is 5. The Morgan fingerprint density at radius 2 is 1.81 bits per heavy atom. The Kier molecular flexibility index (Phi) is 5.52. The number of fused-ring (bicyclic) bond motifs is 1. The summed E-state index contributed by atoms with van der Waals surface area (Å²) in [4.78, 5) is 29.3. The van der Waals surface area contributed by atoms with Crippen LogP contribution < -0.4 is 15.5 Å². The van der Waals surface area contributed by atoms with E-state index < -0.39 is 24.5 Å². The van der Waals surface area contributed by atoms with Crippen LogP contribution in [0.4, 0.5) is 19.2 Å². The first-order chi connectivity index (χ1) is 12.8. The molecule has 7 nitrogen and oxygen atoms in total. The normalized spacial score (nSPS) is 15.7. The number of rotatable bonds is 4. The minimum atomic E-state index is -4.55. The number of carbonyl (C=O) groups is 2. The van der Waals surface area contributed by atoms with E-state index in [9.17, 15) is 22.8 Å². The van der Waals surface area contributed by atoms with Gasteiger partial charge >= 0.3 is 18.0 Å². The van der Waals surface area contributed by atoms with E-state index in [1.165, 1.54) is 0 Å². The number of aromatic nitrogens is 1. The van der Waals surface area contributed by atoms with Gasteiger partial charge in [-0.1, -0.05) is 12.1 Å². The van der Waals surface area contributed by atoms with E-state index in [4.69, 9.17) is 4.42 Å². The lowest BCUT2D eigenvalue weighted by molar-refractivity contribution is -0.146. The molecule has 0 unspecified atom stereocenters. The van der Waals surface area contributed by atoms with E-state index in [0.29, 0.717) is 24.7 Å². The summed E-state index contributed by atoms with van der Waals surface area (Å²) in [5, 5.41) is 3.94. The van der Waals surface area contributed by atoms with Gasteiger partial charge in [0.2, 0.25) is 0 Å². The van der Waals surface area contributed by atoms with E-state index in [1.54, 1.807) is 5.32 Å². The van der Waals surface area contributed by atoms with Gasteiger partial charge in [-0.15, -0.1) is 0 Å². The van der Waals surface area contributed by atoms with E-state index in [0.717, 1.165) is 18.4 Å². The number of benzene rings is 1. The monoisotopic (exact) mass is 384 g/mol.